The van der Waals surface area contributed by atoms with E-state index in [4.69, 9.17) is 0 Å². The van der Waals surface area contributed by atoms with Crippen molar-refractivity contribution >= 4 is 17.7 Å². The zero-order chi connectivity index (χ0) is 13.5. The number of guanidine groups is 1. The standard InChI is InChI=1S/C13H23N5S/c1-3-14-13(16-10-12-5-4-8-19-12)15-9-11-6-7-17-18(11)2/h6-7,12H,3-5,8-10H2,1-2H3,(H2,14,15,16). The van der Waals surface area contributed by atoms with Gasteiger partial charge in [-0.05, 0) is 31.6 Å². The molecule has 1 unspecified atom stereocenters. The maximum absolute atomic E-state index is 4.60. The second-order valence-electron chi connectivity index (χ2n) is 4.66. The molecular formula is C13H23N5S. The summed E-state index contributed by atoms with van der Waals surface area (Å²) in [4.78, 5) is 4.60. The smallest absolute Gasteiger partial charge is 0.191 e. The van der Waals surface area contributed by atoms with E-state index < -0.39 is 0 Å². The monoisotopic (exact) mass is 281 g/mol. The van der Waals surface area contributed by atoms with Gasteiger partial charge in [0.15, 0.2) is 5.96 Å². The van der Waals surface area contributed by atoms with E-state index in [9.17, 15) is 0 Å². The maximum atomic E-state index is 4.60. The highest BCUT2D eigenvalue weighted by atomic mass is 32.2. The van der Waals surface area contributed by atoms with Crippen LogP contribution in [0.1, 0.15) is 25.5 Å². The molecule has 1 aliphatic rings. The van der Waals surface area contributed by atoms with Gasteiger partial charge in [0, 0.05) is 31.6 Å². The summed E-state index contributed by atoms with van der Waals surface area (Å²) in [5.41, 5.74) is 1.12. The van der Waals surface area contributed by atoms with E-state index in [1.165, 1.54) is 18.6 Å². The third-order valence-electron chi connectivity index (χ3n) is 3.19. The Kier molecular flexibility index (Phi) is 5.57. The molecule has 0 radical (unpaired) electrons. The van der Waals surface area contributed by atoms with Gasteiger partial charge in [0.25, 0.3) is 0 Å². The molecule has 0 aromatic carbocycles. The van der Waals surface area contributed by atoms with E-state index in [0.29, 0.717) is 6.54 Å². The van der Waals surface area contributed by atoms with Crippen molar-refractivity contribution in [1.82, 2.24) is 20.4 Å². The first-order valence-corrected chi connectivity index (χ1v) is 7.95. The van der Waals surface area contributed by atoms with Gasteiger partial charge in [-0.15, -0.1) is 0 Å². The van der Waals surface area contributed by atoms with Crippen LogP contribution in [0.4, 0.5) is 0 Å². The van der Waals surface area contributed by atoms with Crippen LogP contribution in [0.25, 0.3) is 0 Å². The number of aryl methyl sites for hydroxylation is 1. The summed E-state index contributed by atoms with van der Waals surface area (Å²) in [6, 6.07) is 2.00. The Morgan fingerprint density at radius 2 is 2.47 bits per heavy atom. The average Bonchev–Trinajstić information content (AvgIpc) is 3.04. The Labute approximate surface area is 119 Å². The van der Waals surface area contributed by atoms with Crippen LogP contribution in [-0.2, 0) is 13.6 Å². The van der Waals surface area contributed by atoms with Gasteiger partial charge in [-0.3, -0.25) is 4.68 Å². The number of aliphatic imine (C=N–C) groups is 1. The van der Waals surface area contributed by atoms with Crippen LogP contribution in [0, 0.1) is 0 Å². The Bertz CT molecular complexity index is 409. The number of hydrogen-bond acceptors (Lipinski definition) is 3. The lowest BCUT2D eigenvalue weighted by Gasteiger charge is -2.14. The number of nitrogens with zero attached hydrogens (tertiary/aromatic N) is 3. The molecule has 1 saturated heterocycles. The quantitative estimate of drug-likeness (QED) is 0.632. The van der Waals surface area contributed by atoms with Gasteiger partial charge in [0.05, 0.1) is 12.2 Å². The van der Waals surface area contributed by atoms with E-state index in [-0.39, 0.29) is 0 Å². The minimum atomic E-state index is 0.656. The van der Waals surface area contributed by atoms with E-state index in [2.05, 4.69) is 39.4 Å². The molecular weight excluding hydrogens is 258 g/mol. The third-order valence-corrected chi connectivity index (χ3v) is 4.59. The van der Waals surface area contributed by atoms with Crippen LogP contribution < -0.4 is 10.6 Å². The Balaban J connectivity index is 1.85. The van der Waals surface area contributed by atoms with Crippen molar-refractivity contribution < 1.29 is 0 Å². The first-order valence-electron chi connectivity index (χ1n) is 6.90. The van der Waals surface area contributed by atoms with Crippen LogP contribution in [-0.4, -0.2) is 39.8 Å². The van der Waals surface area contributed by atoms with Crippen LogP contribution in [0.3, 0.4) is 0 Å². The van der Waals surface area contributed by atoms with Crippen molar-refractivity contribution in [2.45, 2.75) is 31.6 Å². The Hall–Kier alpha value is -1.17. The first kappa shape index (κ1) is 14.2. The lowest BCUT2D eigenvalue weighted by atomic mass is 10.2. The van der Waals surface area contributed by atoms with Gasteiger partial charge in [-0.2, -0.15) is 16.9 Å². The summed E-state index contributed by atoms with van der Waals surface area (Å²) in [5, 5.41) is 11.6. The molecule has 1 atom stereocenters. The normalized spacial score (nSPS) is 19.7. The molecule has 106 valence electrons. The summed E-state index contributed by atoms with van der Waals surface area (Å²) < 4.78 is 1.86. The van der Waals surface area contributed by atoms with Gasteiger partial charge >= 0.3 is 0 Å². The maximum Gasteiger partial charge on any atom is 0.191 e. The van der Waals surface area contributed by atoms with Crippen molar-refractivity contribution in [1.29, 1.82) is 0 Å². The number of aromatic nitrogens is 2. The molecule has 5 nitrogen and oxygen atoms in total. The zero-order valence-corrected chi connectivity index (χ0v) is 12.5. The zero-order valence-electron chi connectivity index (χ0n) is 11.7. The molecule has 2 rings (SSSR count). The highest BCUT2D eigenvalue weighted by Crippen LogP contribution is 2.25. The van der Waals surface area contributed by atoms with Gasteiger partial charge < -0.3 is 10.6 Å². The fourth-order valence-corrected chi connectivity index (χ4v) is 3.28. The summed E-state index contributed by atoms with van der Waals surface area (Å²) >= 11 is 2.06. The Morgan fingerprint density at radius 3 is 3.11 bits per heavy atom. The lowest BCUT2D eigenvalue weighted by Crippen LogP contribution is -2.40. The summed E-state index contributed by atoms with van der Waals surface area (Å²) in [7, 11) is 1.94. The summed E-state index contributed by atoms with van der Waals surface area (Å²) in [5.74, 6) is 2.20. The average molecular weight is 281 g/mol. The topological polar surface area (TPSA) is 54.2 Å². The van der Waals surface area contributed by atoms with Gasteiger partial charge in [-0.1, -0.05) is 0 Å². The van der Waals surface area contributed by atoms with Gasteiger partial charge in [-0.25, -0.2) is 4.99 Å². The largest absolute Gasteiger partial charge is 0.357 e. The molecule has 1 aromatic rings. The summed E-state index contributed by atoms with van der Waals surface area (Å²) in [6.45, 7) is 4.63. The summed E-state index contributed by atoms with van der Waals surface area (Å²) in [6.07, 6.45) is 4.47. The van der Waals surface area contributed by atoms with Crippen LogP contribution in [0.2, 0.25) is 0 Å². The SMILES string of the molecule is CCNC(=NCc1ccnn1C)NCC1CCCS1. The minimum absolute atomic E-state index is 0.656. The molecule has 0 aliphatic carbocycles. The molecule has 1 aromatic heterocycles. The number of rotatable bonds is 5. The van der Waals surface area contributed by atoms with Crippen molar-refractivity contribution in [3.05, 3.63) is 18.0 Å². The highest BCUT2D eigenvalue weighted by molar-refractivity contribution is 8.00. The Morgan fingerprint density at radius 1 is 1.58 bits per heavy atom. The van der Waals surface area contributed by atoms with Crippen molar-refractivity contribution in [3.63, 3.8) is 0 Å². The molecule has 2 heterocycles. The number of nitrogens with one attached hydrogen (secondary N) is 2. The molecule has 2 N–H and O–H groups in total. The predicted octanol–water partition coefficient (Wildman–Crippen LogP) is 1.37. The van der Waals surface area contributed by atoms with E-state index in [1.807, 2.05) is 17.8 Å². The third kappa shape index (κ3) is 4.45. The fourth-order valence-electron chi connectivity index (χ4n) is 2.07. The van der Waals surface area contributed by atoms with Crippen LogP contribution in [0.15, 0.2) is 17.3 Å². The molecule has 1 fully saturated rings. The molecule has 0 amide bonds. The lowest BCUT2D eigenvalue weighted by molar-refractivity contribution is 0.701. The van der Waals surface area contributed by atoms with Crippen molar-refractivity contribution in [2.75, 3.05) is 18.8 Å². The predicted molar refractivity (Wildman–Crippen MR) is 81.5 cm³/mol. The molecule has 6 heteroatoms. The second-order valence-corrected chi connectivity index (χ2v) is 6.07. The first-order chi connectivity index (χ1) is 9.29. The molecule has 19 heavy (non-hydrogen) atoms. The number of thioether (sulfide) groups is 1. The minimum Gasteiger partial charge on any atom is -0.357 e. The van der Waals surface area contributed by atoms with Crippen molar-refractivity contribution in [2.24, 2.45) is 12.0 Å². The molecule has 0 saturated carbocycles. The number of hydrogen-bond donors (Lipinski definition) is 2. The molecule has 1 aliphatic heterocycles. The van der Waals surface area contributed by atoms with E-state index in [1.54, 1.807) is 6.20 Å². The van der Waals surface area contributed by atoms with E-state index in [0.717, 1.165) is 30.0 Å². The molecule has 0 bridgehead atoms. The van der Waals surface area contributed by atoms with Gasteiger partial charge in [0.2, 0.25) is 0 Å². The fraction of sp³-hybridized carbons (Fsp3) is 0.692. The molecule has 0 spiro atoms. The van der Waals surface area contributed by atoms with E-state index >= 15 is 0 Å². The van der Waals surface area contributed by atoms with Crippen LogP contribution >= 0.6 is 11.8 Å². The highest BCUT2D eigenvalue weighted by Gasteiger charge is 2.15. The second kappa shape index (κ2) is 7.43. The van der Waals surface area contributed by atoms with Gasteiger partial charge in [0.1, 0.15) is 0 Å². The van der Waals surface area contributed by atoms with Crippen molar-refractivity contribution in [3.8, 4) is 0 Å². The van der Waals surface area contributed by atoms with Crippen LogP contribution in [0.5, 0.6) is 0 Å².